The molecule has 114 valence electrons. The van der Waals surface area contributed by atoms with Gasteiger partial charge in [0, 0.05) is 19.7 Å². The van der Waals surface area contributed by atoms with Gasteiger partial charge in [0.15, 0.2) is 0 Å². The van der Waals surface area contributed by atoms with Crippen LogP contribution in [0.1, 0.15) is 33.6 Å². The van der Waals surface area contributed by atoms with E-state index in [1.807, 2.05) is 20.8 Å². The van der Waals surface area contributed by atoms with Crippen LogP contribution in [0.4, 0.5) is 11.5 Å². The zero-order chi connectivity index (χ0) is 15.3. The van der Waals surface area contributed by atoms with E-state index in [-0.39, 0.29) is 23.5 Å². The smallest absolute Gasteiger partial charge is 0.330 e. The maximum atomic E-state index is 11.8. The molecule has 1 heterocycles. The Bertz CT molecular complexity index is 560. The summed E-state index contributed by atoms with van der Waals surface area (Å²) < 4.78 is 1.35. The van der Waals surface area contributed by atoms with Crippen molar-refractivity contribution in [1.82, 2.24) is 9.55 Å². The van der Waals surface area contributed by atoms with E-state index in [1.54, 1.807) is 0 Å². The Morgan fingerprint density at radius 3 is 2.60 bits per heavy atom. The number of aromatic nitrogens is 2. The summed E-state index contributed by atoms with van der Waals surface area (Å²) in [4.78, 5) is 25.8. The van der Waals surface area contributed by atoms with Crippen LogP contribution in [0.2, 0.25) is 0 Å². The molecule has 1 aromatic heterocycles. The molecule has 0 aliphatic heterocycles. The largest absolute Gasteiger partial charge is 0.396 e. The van der Waals surface area contributed by atoms with Gasteiger partial charge < -0.3 is 16.2 Å². The van der Waals surface area contributed by atoms with Crippen LogP contribution in [0.15, 0.2) is 9.59 Å². The topological polar surface area (TPSA) is 113 Å². The molecule has 0 bridgehead atoms. The van der Waals surface area contributed by atoms with Gasteiger partial charge in [0.05, 0.1) is 0 Å². The highest BCUT2D eigenvalue weighted by atomic mass is 16.3. The maximum absolute atomic E-state index is 11.8. The fraction of sp³-hybridized carbons (Fsp3) is 0.692. The molecule has 0 amide bonds. The minimum Gasteiger partial charge on any atom is -0.396 e. The highest BCUT2D eigenvalue weighted by Crippen LogP contribution is 2.21. The first-order valence-electron chi connectivity index (χ1n) is 6.79. The predicted molar refractivity (Wildman–Crippen MR) is 80.0 cm³/mol. The van der Waals surface area contributed by atoms with Gasteiger partial charge in [-0.05, 0) is 18.3 Å². The maximum Gasteiger partial charge on any atom is 0.330 e. The SMILES string of the molecule is CCCn1c(N)c(NCC(C)(C)CCO)c(=O)[nH]c1=O. The Morgan fingerprint density at radius 2 is 2.05 bits per heavy atom. The van der Waals surface area contributed by atoms with Crippen molar-refractivity contribution in [2.75, 3.05) is 24.2 Å². The van der Waals surface area contributed by atoms with E-state index in [9.17, 15) is 9.59 Å². The van der Waals surface area contributed by atoms with E-state index in [0.29, 0.717) is 19.5 Å². The number of nitrogens with zero attached hydrogens (tertiary/aromatic N) is 1. The monoisotopic (exact) mass is 284 g/mol. The Balaban J connectivity index is 3.04. The lowest BCUT2D eigenvalue weighted by Crippen LogP contribution is -2.35. The molecule has 0 aromatic carbocycles. The molecule has 1 aromatic rings. The number of H-pyrrole nitrogens is 1. The van der Waals surface area contributed by atoms with Crippen LogP contribution >= 0.6 is 0 Å². The normalized spacial score (nSPS) is 11.6. The third-order valence-electron chi connectivity index (χ3n) is 3.22. The molecule has 7 heteroatoms. The number of nitrogens with one attached hydrogen (secondary N) is 2. The van der Waals surface area contributed by atoms with E-state index < -0.39 is 11.2 Å². The van der Waals surface area contributed by atoms with Crippen molar-refractivity contribution in [3.05, 3.63) is 20.8 Å². The molecular formula is C13H24N4O3. The van der Waals surface area contributed by atoms with Crippen LogP contribution in [0.25, 0.3) is 0 Å². The lowest BCUT2D eigenvalue weighted by Gasteiger charge is -2.25. The van der Waals surface area contributed by atoms with E-state index in [0.717, 1.165) is 6.42 Å². The summed E-state index contributed by atoms with van der Waals surface area (Å²) in [6.07, 6.45) is 1.35. The fourth-order valence-electron chi connectivity index (χ4n) is 1.92. The number of anilines is 2. The van der Waals surface area contributed by atoms with Crippen molar-refractivity contribution < 1.29 is 5.11 Å². The molecule has 5 N–H and O–H groups in total. The van der Waals surface area contributed by atoms with Gasteiger partial charge in [0.1, 0.15) is 11.5 Å². The second-order valence-corrected chi connectivity index (χ2v) is 5.66. The molecule has 0 radical (unpaired) electrons. The summed E-state index contributed by atoms with van der Waals surface area (Å²) in [6, 6.07) is 0. The van der Waals surface area contributed by atoms with Gasteiger partial charge in [0.25, 0.3) is 5.56 Å². The summed E-state index contributed by atoms with van der Waals surface area (Å²) in [6.45, 7) is 6.89. The van der Waals surface area contributed by atoms with Crippen LogP contribution in [-0.4, -0.2) is 27.8 Å². The van der Waals surface area contributed by atoms with Gasteiger partial charge in [0.2, 0.25) is 0 Å². The van der Waals surface area contributed by atoms with Gasteiger partial charge in [-0.3, -0.25) is 14.3 Å². The number of nitrogens with two attached hydrogens (primary N) is 1. The number of hydrogen-bond donors (Lipinski definition) is 4. The number of hydrogen-bond acceptors (Lipinski definition) is 5. The Hall–Kier alpha value is -1.76. The van der Waals surface area contributed by atoms with Crippen molar-refractivity contribution >= 4 is 11.5 Å². The van der Waals surface area contributed by atoms with E-state index in [4.69, 9.17) is 10.8 Å². The molecule has 0 fully saturated rings. The minimum absolute atomic E-state index is 0.0792. The lowest BCUT2D eigenvalue weighted by atomic mass is 9.90. The first kappa shape index (κ1) is 16.3. The molecule has 0 unspecified atom stereocenters. The van der Waals surface area contributed by atoms with Gasteiger partial charge in [-0.1, -0.05) is 20.8 Å². The lowest BCUT2D eigenvalue weighted by molar-refractivity contribution is 0.220. The number of aromatic amines is 1. The second-order valence-electron chi connectivity index (χ2n) is 5.66. The number of aliphatic hydroxyl groups excluding tert-OH is 1. The summed E-state index contributed by atoms with van der Waals surface area (Å²) in [7, 11) is 0. The summed E-state index contributed by atoms with van der Waals surface area (Å²) in [5.74, 6) is 0.153. The Morgan fingerprint density at radius 1 is 1.40 bits per heavy atom. The molecule has 7 nitrogen and oxygen atoms in total. The van der Waals surface area contributed by atoms with Gasteiger partial charge >= 0.3 is 5.69 Å². The first-order valence-corrected chi connectivity index (χ1v) is 6.79. The standard InChI is InChI=1S/C13H24N4O3/c1-4-6-17-10(14)9(11(19)16-12(17)20)15-8-13(2,3)5-7-18/h15,18H,4-8,14H2,1-3H3,(H,16,19,20). The Labute approximate surface area is 117 Å². The highest BCUT2D eigenvalue weighted by molar-refractivity contribution is 5.60. The average molecular weight is 284 g/mol. The van der Waals surface area contributed by atoms with E-state index >= 15 is 0 Å². The van der Waals surface area contributed by atoms with Crippen molar-refractivity contribution in [3.63, 3.8) is 0 Å². The Kier molecular flexibility index (Phi) is 5.38. The van der Waals surface area contributed by atoms with Gasteiger partial charge in [-0.2, -0.15) is 0 Å². The van der Waals surface area contributed by atoms with Crippen molar-refractivity contribution in [3.8, 4) is 0 Å². The zero-order valence-electron chi connectivity index (χ0n) is 12.3. The molecule has 0 saturated heterocycles. The number of nitrogen functional groups attached to an aromatic ring is 1. The van der Waals surface area contributed by atoms with Crippen LogP contribution in [0.3, 0.4) is 0 Å². The van der Waals surface area contributed by atoms with Crippen LogP contribution in [0.5, 0.6) is 0 Å². The predicted octanol–water partition coefficient (Wildman–Crippen LogP) is 0.349. The van der Waals surface area contributed by atoms with Crippen LogP contribution in [-0.2, 0) is 6.54 Å². The van der Waals surface area contributed by atoms with Crippen LogP contribution in [0, 0.1) is 5.41 Å². The molecule has 0 spiro atoms. The van der Waals surface area contributed by atoms with E-state index in [1.165, 1.54) is 4.57 Å². The van der Waals surface area contributed by atoms with Gasteiger partial charge in [-0.25, -0.2) is 4.79 Å². The quantitative estimate of drug-likeness (QED) is 0.577. The first-order chi connectivity index (χ1) is 9.32. The summed E-state index contributed by atoms with van der Waals surface area (Å²) in [5.41, 5.74) is 4.93. The molecular weight excluding hydrogens is 260 g/mol. The molecule has 0 aliphatic rings. The number of aliphatic hydroxyl groups is 1. The number of rotatable bonds is 7. The zero-order valence-corrected chi connectivity index (χ0v) is 12.3. The summed E-state index contributed by atoms with van der Waals surface area (Å²) in [5, 5.41) is 12.0. The fourth-order valence-corrected chi connectivity index (χ4v) is 1.92. The highest BCUT2D eigenvalue weighted by Gasteiger charge is 2.19. The molecule has 0 aliphatic carbocycles. The van der Waals surface area contributed by atoms with Crippen LogP contribution < -0.4 is 22.3 Å². The second kappa shape index (κ2) is 6.60. The van der Waals surface area contributed by atoms with Crippen molar-refractivity contribution in [2.45, 2.75) is 40.2 Å². The molecule has 20 heavy (non-hydrogen) atoms. The average Bonchev–Trinajstić information content (AvgIpc) is 2.33. The van der Waals surface area contributed by atoms with Crippen molar-refractivity contribution in [1.29, 1.82) is 0 Å². The third-order valence-corrected chi connectivity index (χ3v) is 3.22. The van der Waals surface area contributed by atoms with E-state index in [2.05, 4.69) is 10.3 Å². The third kappa shape index (κ3) is 3.86. The molecule has 0 saturated carbocycles. The molecule has 1 rings (SSSR count). The van der Waals surface area contributed by atoms with Gasteiger partial charge in [-0.15, -0.1) is 0 Å². The summed E-state index contributed by atoms with van der Waals surface area (Å²) >= 11 is 0. The molecule has 0 atom stereocenters. The van der Waals surface area contributed by atoms with Crippen molar-refractivity contribution in [2.24, 2.45) is 5.41 Å². The minimum atomic E-state index is -0.514.